The Bertz CT molecular complexity index is 5540. The Morgan fingerprint density at radius 1 is 0.718 bits per heavy atom. The number of carbonyl (C=O) groups excluding carboxylic acids is 8. The normalized spacial score (nSPS) is 27.2. The molecule has 666 valence electrons. The van der Waals surface area contributed by atoms with Crippen molar-refractivity contribution < 1.29 is 135 Å². The van der Waals surface area contributed by atoms with Crippen LogP contribution in [0.2, 0.25) is 0 Å². The minimum atomic E-state index is -2.35. The minimum absolute atomic E-state index is 0.0173. The van der Waals surface area contributed by atoms with Crippen LogP contribution in [-0.4, -0.2) is 227 Å². The number of nitrogens with two attached hydrogens (primary N) is 1. The lowest BCUT2D eigenvalue weighted by Crippen LogP contribution is -2.81. The Morgan fingerprint density at radius 2 is 1.27 bits per heavy atom. The van der Waals surface area contributed by atoms with Crippen molar-refractivity contribution in [3.8, 4) is 17.2 Å². The SMILES string of the molecule is CC(=O)O[C@@]12CO[C@@H]1C[C@H](O)[C@@]1(C)C(=O)[C@H](O)C3=C(C)[C@@H](OC(=O)C(O)[C@@H](NC(=O)OC(C)(C)C)c4ccccc4)C[C@@](O)([C@@H](OC(=O)c4ccccc4)[C@H]21)C3(C)C.COc1cccc2c1C(=O)c1c(O)c3c(c(O)c1C2=O)C[C@@](O)(C(=O)CO)C[C@@H]3O[C@H]1C[C@H](N)[C@H](O)[C@H](C)O1.O=c1[nH]cc(F)c(=O)[nH]1.O=c1[nH]cc(F)c(=O)[nH]1.O=c1[nH]cc(F)c(=O)[nH]1. The number of ether oxygens (including phenoxy) is 8. The van der Waals surface area contributed by atoms with Gasteiger partial charge in [0.2, 0.25) is 23.2 Å². The number of nitrogens with one attached hydrogen (secondary N) is 7. The van der Waals surface area contributed by atoms with Crippen molar-refractivity contribution in [2.45, 2.75) is 190 Å². The second-order valence-corrected chi connectivity index (χ2v) is 32.0. The number of phenolic OH excluding ortho intramolecular Hbond substituents is 2. The van der Waals surface area contributed by atoms with Crippen LogP contribution in [-0.2, 0) is 58.8 Å². The monoisotopic (exact) mass is 1740 g/mol. The summed E-state index contributed by atoms with van der Waals surface area (Å²) in [6.45, 7) is 12.4. The zero-order valence-electron chi connectivity index (χ0n) is 67.9. The van der Waals surface area contributed by atoms with Gasteiger partial charge >= 0.3 is 41.1 Å². The molecular weight excluding hydrogens is 1650 g/mol. The second-order valence-electron chi connectivity index (χ2n) is 32.0. The van der Waals surface area contributed by atoms with Gasteiger partial charge in [-0.25, -0.2) is 28.8 Å². The van der Waals surface area contributed by atoms with E-state index in [4.69, 9.17) is 43.6 Å². The maximum absolute atomic E-state index is 14.9. The quantitative estimate of drug-likeness (QED) is 0.0329. The molecular formula is C82H91F3N8O31. The van der Waals surface area contributed by atoms with Gasteiger partial charge in [-0.15, -0.1) is 0 Å². The molecule has 18 N–H and O–H groups in total. The van der Waals surface area contributed by atoms with Crippen molar-refractivity contribution in [3.63, 3.8) is 0 Å². The standard InChI is InChI=1S/C43H53NO14.C27H29NO11.3C4H3FN2O2/c1-22-26(55-37(51)32(48)30(24-15-11-9-12-16-24)44-38(52)58-39(3,4)5)20-43(53)35(56-36(50)25-17-13-10-14-18-25)33-41(8,34(49)31(47)29(22)40(43,6)7)27(46)19-28-42(33,21-54-28)57-23(2)45;1-10-22(31)13(28)6-17(38-10)39-15-8-27(36,16(30)9-29)7-12-19(15)26(35)21-20(24(12)33)23(32)11-4-3-5-14(37-2)18(11)25(21)34;3*5-2-1-6-4(9)7-3(2)8/h9-18,26-28,30-33,35,46-48,53H,19-21H2,1-8H3,(H,44,52);3-5,10,13,15,17,22,29,31,33,35-36H,6-9,28H2,1-2H3;3*1H,(H2,6,7,8,9)/t26-,27-,28+,30-,31+,32?,33-,35-,41+,42-,43+;10-,13-,15-,17-,22+,27-;;;/m00.../s1. The molecule has 1 unspecified atom stereocenters. The molecule has 42 heteroatoms. The van der Waals surface area contributed by atoms with E-state index in [1.54, 1.807) is 105 Å². The predicted molar refractivity (Wildman–Crippen MR) is 418 cm³/mol. The van der Waals surface area contributed by atoms with Gasteiger partial charge in [-0.3, -0.25) is 53.3 Å². The summed E-state index contributed by atoms with van der Waals surface area (Å²) in [5.74, 6) is -12.1. The van der Waals surface area contributed by atoms with Crippen LogP contribution >= 0.6 is 0 Å². The molecule has 14 rings (SSSR count). The molecule has 2 aliphatic heterocycles. The number of esters is 3. The van der Waals surface area contributed by atoms with Crippen LogP contribution in [0.25, 0.3) is 0 Å². The average molecular weight is 1740 g/mol. The molecule has 124 heavy (non-hydrogen) atoms. The number of Topliss-reactive ketones (excluding diaryl/α,β-unsaturated/α-hetero) is 2. The molecule has 2 saturated heterocycles. The Hall–Kier alpha value is -12.2. The minimum Gasteiger partial charge on any atom is -0.507 e. The van der Waals surface area contributed by atoms with Gasteiger partial charge in [0.05, 0.1) is 77.8 Å². The lowest BCUT2D eigenvalue weighted by Gasteiger charge is -2.67. The lowest BCUT2D eigenvalue weighted by molar-refractivity contribution is -0.346. The van der Waals surface area contributed by atoms with Gasteiger partial charge in [-0.1, -0.05) is 74.5 Å². The third-order valence-corrected chi connectivity index (χ3v) is 22.7. The van der Waals surface area contributed by atoms with Crippen LogP contribution in [0.3, 0.4) is 0 Å². The first kappa shape index (κ1) is 94.0. The van der Waals surface area contributed by atoms with E-state index in [0.29, 0.717) is 24.2 Å². The highest BCUT2D eigenvalue weighted by Crippen LogP contribution is 2.65. The van der Waals surface area contributed by atoms with Crippen LogP contribution in [0.4, 0.5) is 18.0 Å². The number of aromatic hydroxyl groups is 2. The summed E-state index contributed by atoms with van der Waals surface area (Å²) < 4.78 is 82.5. The number of alkyl carbamates (subject to hydrolysis) is 1. The largest absolute Gasteiger partial charge is 0.507 e. The highest BCUT2D eigenvalue weighted by atomic mass is 19.1. The van der Waals surface area contributed by atoms with Crippen molar-refractivity contribution in [2.24, 2.45) is 22.5 Å². The maximum atomic E-state index is 14.9. The van der Waals surface area contributed by atoms with Crippen LogP contribution in [0, 0.1) is 34.2 Å². The van der Waals surface area contributed by atoms with E-state index in [9.17, 15) is 126 Å². The lowest BCUT2D eigenvalue weighted by atomic mass is 9.44. The molecule has 39 nitrogen and oxygen atoms in total. The topological polar surface area (TPSA) is 628 Å². The first-order valence-electron chi connectivity index (χ1n) is 38.3. The smallest absolute Gasteiger partial charge is 0.408 e. The van der Waals surface area contributed by atoms with Gasteiger partial charge in [-0.2, -0.15) is 13.2 Å². The Balaban J connectivity index is 0.000000205. The van der Waals surface area contributed by atoms with E-state index in [-0.39, 0.29) is 64.2 Å². The molecule has 5 aliphatic carbocycles. The Kier molecular flexibility index (Phi) is 27.8. The summed E-state index contributed by atoms with van der Waals surface area (Å²) in [6.07, 6.45) is -14.5. The number of fused-ring (bicyclic) bond motifs is 8. The van der Waals surface area contributed by atoms with Gasteiger partial charge in [-0.05, 0) is 76.5 Å². The third-order valence-electron chi connectivity index (χ3n) is 22.7. The van der Waals surface area contributed by atoms with E-state index in [1.165, 1.54) is 51.3 Å². The number of aliphatic hydroxyl groups is 7. The number of rotatable bonds is 13. The number of carbonyl (C=O) groups is 8. The number of aliphatic hydroxyl groups excluding tert-OH is 5. The number of halogens is 3. The molecule has 4 aromatic carbocycles. The van der Waals surface area contributed by atoms with Gasteiger partial charge in [0.15, 0.2) is 35.3 Å². The fourth-order valence-electron chi connectivity index (χ4n) is 16.5. The molecule has 0 spiro atoms. The van der Waals surface area contributed by atoms with Crippen molar-refractivity contribution in [3.05, 3.63) is 233 Å². The number of phenols is 2. The molecule has 7 aliphatic rings. The maximum Gasteiger partial charge on any atom is 0.408 e. The van der Waals surface area contributed by atoms with Gasteiger partial charge < -0.3 is 110 Å². The summed E-state index contributed by atoms with van der Waals surface area (Å²) in [5.41, 5.74) is -10.9. The third kappa shape index (κ3) is 18.5. The first-order chi connectivity index (χ1) is 58.0. The van der Waals surface area contributed by atoms with Gasteiger partial charge in [0.25, 0.3) is 16.7 Å². The molecule has 2 saturated carbocycles. The second kappa shape index (κ2) is 36.7. The number of amides is 1. The van der Waals surface area contributed by atoms with Crippen LogP contribution in [0.5, 0.6) is 17.2 Å². The Morgan fingerprint density at radius 3 is 1.76 bits per heavy atom. The average Bonchev–Trinajstić information content (AvgIpc) is 0.667. The fourth-order valence-corrected chi connectivity index (χ4v) is 16.5. The van der Waals surface area contributed by atoms with E-state index >= 15 is 0 Å². The summed E-state index contributed by atoms with van der Waals surface area (Å²) in [6, 6.07) is 18.3. The summed E-state index contributed by atoms with van der Waals surface area (Å²) in [4.78, 5) is 181. The summed E-state index contributed by atoms with van der Waals surface area (Å²) >= 11 is 0. The number of ketones is 4. The zero-order valence-corrected chi connectivity index (χ0v) is 67.9. The van der Waals surface area contributed by atoms with E-state index in [1.807, 2.05) is 15.0 Å². The van der Waals surface area contributed by atoms with E-state index in [2.05, 4.69) is 5.32 Å². The molecule has 4 fully saturated rings. The van der Waals surface area contributed by atoms with Crippen molar-refractivity contribution in [1.29, 1.82) is 0 Å². The molecule has 7 aromatic rings. The van der Waals surface area contributed by atoms with Crippen LogP contribution in [0.15, 0.2) is 137 Å². The molecule has 0 radical (unpaired) electrons. The number of hydrogen-bond acceptors (Lipinski definition) is 32. The number of aromatic nitrogens is 6. The molecule has 1 amide bonds. The van der Waals surface area contributed by atoms with Gasteiger partial charge in [0.1, 0.15) is 65.1 Å². The highest BCUT2D eigenvalue weighted by Gasteiger charge is 2.78. The first-order valence-corrected chi connectivity index (χ1v) is 38.3. The number of H-pyrrole nitrogens is 6. The number of methoxy groups -OCH3 is 1. The van der Waals surface area contributed by atoms with Gasteiger partial charge in [0, 0.05) is 85.8 Å². The fraction of sp³-hybridized carbons (Fsp3) is 0.439. The van der Waals surface area contributed by atoms with Crippen LogP contribution in [0.1, 0.15) is 159 Å². The predicted octanol–water partition coefficient (Wildman–Crippen LogP) is 0.868. The van der Waals surface area contributed by atoms with Crippen molar-refractivity contribution in [1.82, 2.24) is 35.2 Å². The molecule has 5 heterocycles. The van der Waals surface area contributed by atoms with Crippen LogP contribution < -0.4 is 49.5 Å². The van der Waals surface area contributed by atoms with E-state index in [0.717, 1.165) is 6.92 Å². The zero-order chi connectivity index (χ0) is 91.7. The number of aromatic amines is 6. The van der Waals surface area contributed by atoms with Crippen molar-refractivity contribution >= 4 is 47.1 Å². The number of benzene rings is 4. The molecule has 3 aromatic heterocycles. The summed E-state index contributed by atoms with van der Waals surface area (Å²) in [7, 11) is 1.32. The molecule has 2 bridgehead atoms. The Labute approximate surface area is 698 Å². The number of hydrogen-bond donors (Lipinski definition) is 17. The highest BCUT2D eigenvalue weighted by molar-refractivity contribution is 6.31. The molecule has 17 atom stereocenters. The summed E-state index contributed by atoms with van der Waals surface area (Å²) in [5, 5.41) is 105. The van der Waals surface area contributed by atoms with E-state index < -0.39 is 259 Å². The van der Waals surface area contributed by atoms with Crippen molar-refractivity contribution in [2.75, 3.05) is 20.3 Å².